The molecule has 200 valence electrons. The number of aryl methyl sites for hydroxylation is 3. The Morgan fingerprint density at radius 2 is 1.77 bits per heavy atom. The third kappa shape index (κ3) is 5.45. The second-order valence-electron chi connectivity index (χ2n) is 10.1. The van der Waals surface area contributed by atoms with E-state index in [1.807, 2.05) is 48.7 Å². The summed E-state index contributed by atoms with van der Waals surface area (Å²) in [6.45, 7) is 8.98. The van der Waals surface area contributed by atoms with Gasteiger partial charge in [-0.3, -0.25) is 9.78 Å². The largest absolute Gasteiger partial charge is 0.352 e. The Hall–Kier alpha value is -3.97. The number of aromatic nitrogens is 2. The van der Waals surface area contributed by atoms with E-state index < -0.39 is 0 Å². The molecule has 2 aromatic carbocycles. The van der Waals surface area contributed by atoms with Crippen molar-refractivity contribution < 1.29 is 4.79 Å². The molecular formula is C32H35N5OS. The van der Waals surface area contributed by atoms with Gasteiger partial charge in [0.05, 0.1) is 17.8 Å². The molecular weight excluding hydrogens is 502 g/mol. The third-order valence-electron chi connectivity index (χ3n) is 7.53. The van der Waals surface area contributed by atoms with E-state index in [1.54, 1.807) is 0 Å². The van der Waals surface area contributed by atoms with E-state index in [-0.39, 0.29) is 18.0 Å². The minimum Gasteiger partial charge on any atom is -0.352 e. The van der Waals surface area contributed by atoms with Crippen LogP contribution in [0.4, 0.5) is 5.69 Å². The maximum Gasteiger partial charge on any atom is 0.226 e. The second-order valence-corrected chi connectivity index (χ2v) is 10.5. The number of nitrogens with one attached hydrogen (secondary N) is 2. The van der Waals surface area contributed by atoms with E-state index in [4.69, 9.17) is 12.2 Å². The Labute approximate surface area is 236 Å². The summed E-state index contributed by atoms with van der Waals surface area (Å²) in [5.74, 6) is -0.0242. The third-order valence-corrected chi connectivity index (χ3v) is 7.88. The Morgan fingerprint density at radius 1 is 1.03 bits per heavy atom. The van der Waals surface area contributed by atoms with Crippen molar-refractivity contribution in [2.45, 2.75) is 52.6 Å². The van der Waals surface area contributed by atoms with Gasteiger partial charge in [-0.2, -0.15) is 0 Å². The molecule has 0 aliphatic carbocycles. The summed E-state index contributed by atoms with van der Waals surface area (Å²) in [5.41, 5.74) is 8.76. The maximum atomic E-state index is 13.1. The molecule has 1 aliphatic heterocycles. The van der Waals surface area contributed by atoms with E-state index in [9.17, 15) is 4.79 Å². The molecule has 1 amide bonds. The Bertz CT molecular complexity index is 1480. The topological polar surface area (TPSA) is 62.2 Å². The van der Waals surface area contributed by atoms with Gasteiger partial charge in [-0.1, -0.05) is 48.9 Å². The summed E-state index contributed by atoms with van der Waals surface area (Å²) >= 11 is 5.86. The van der Waals surface area contributed by atoms with Crippen molar-refractivity contribution in [2.75, 3.05) is 11.9 Å². The lowest BCUT2D eigenvalue weighted by molar-refractivity contribution is -0.116. The fourth-order valence-electron chi connectivity index (χ4n) is 5.55. The highest BCUT2D eigenvalue weighted by Crippen LogP contribution is 2.41. The van der Waals surface area contributed by atoms with Crippen molar-refractivity contribution >= 4 is 28.9 Å². The average molecular weight is 538 g/mol. The number of thiocarbonyl (C=S) groups is 1. The first-order valence-corrected chi connectivity index (χ1v) is 13.9. The molecule has 6 nitrogen and oxygen atoms in total. The number of rotatable bonds is 8. The molecule has 0 spiro atoms. The molecule has 3 heterocycles. The maximum absolute atomic E-state index is 13.1. The predicted molar refractivity (Wildman–Crippen MR) is 161 cm³/mol. The summed E-state index contributed by atoms with van der Waals surface area (Å²) in [6, 6.07) is 24.5. The van der Waals surface area contributed by atoms with Crippen LogP contribution in [0.2, 0.25) is 0 Å². The van der Waals surface area contributed by atoms with E-state index in [0.717, 1.165) is 40.4 Å². The number of nitrogens with zero attached hydrogens (tertiary/aromatic N) is 3. The number of hydrogen-bond donors (Lipinski definition) is 2. The van der Waals surface area contributed by atoms with Crippen LogP contribution >= 0.6 is 12.2 Å². The molecule has 2 atom stereocenters. The van der Waals surface area contributed by atoms with Crippen LogP contribution in [0.3, 0.4) is 0 Å². The molecule has 1 aliphatic rings. The highest BCUT2D eigenvalue weighted by atomic mass is 32.1. The average Bonchev–Trinajstić information content (AvgIpc) is 3.43. The zero-order valence-corrected chi connectivity index (χ0v) is 23.8. The van der Waals surface area contributed by atoms with Crippen LogP contribution in [-0.4, -0.2) is 32.0 Å². The van der Waals surface area contributed by atoms with Gasteiger partial charge in [0.1, 0.15) is 0 Å². The van der Waals surface area contributed by atoms with Crippen LogP contribution in [0.25, 0.3) is 5.69 Å². The summed E-state index contributed by atoms with van der Waals surface area (Å²) in [5, 5.41) is 7.26. The van der Waals surface area contributed by atoms with Gasteiger partial charge < -0.3 is 20.1 Å². The molecule has 5 rings (SSSR count). The molecule has 2 unspecified atom stereocenters. The van der Waals surface area contributed by atoms with Gasteiger partial charge in [-0.15, -0.1) is 0 Å². The van der Waals surface area contributed by atoms with E-state index in [0.29, 0.717) is 18.1 Å². The van der Waals surface area contributed by atoms with Crippen LogP contribution in [0.1, 0.15) is 59.2 Å². The summed E-state index contributed by atoms with van der Waals surface area (Å²) in [4.78, 5) is 19.9. The number of hydrogen-bond acceptors (Lipinski definition) is 3. The molecule has 39 heavy (non-hydrogen) atoms. The summed E-state index contributed by atoms with van der Waals surface area (Å²) in [6.07, 6.45) is 3.00. The van der Waals surface area contributed by atoms with E-state index in [1.165, 1.54) is 11.1 Å². The normalized spacial score (nSPS) is 16.8. The van der Waals surface area contributed by atoms with Crippen LogP contribution in [0, 0.1) is 20.8 Å². The van der Waals surface area contributed by atoms with E-state index >= 15 is 0 Å². The zero-order valence-electron chi connectivity index (χ0n) is 22.9. The molecule has 0 radical (unpaired) electrons. The highest BCUT2D eigenvalue weighted by Gasteiger charge is 2.41. The second kappa shape index (κ2) is 11.4. The van der Waals surface area contributed by atoms with Gasteiger partial charge in [-0.25, -0.2) is 0 Å². The molecule has 1 saturated heterocycles. The SMILES string of the molecule is CCc1ccccc1NC(=O)CCN1C(=S)NC(c2ccccn2)C1c1cc(C)n(-c2ccc(C)cc2)c1C. The first-order valence-electron chi connectivity index (χ1n) is 13.5. The molecule has 0 saturated carbocycles. The van der Waals surface area contributed by atoms with Gasteiger partial charge in [0.15, 0.2) is 5.11 Å². The van der Waals surface area contributed by atoms with Gasteiger partial charge in [0, 0.05) is 41.9 Å². The quantitative estimate of drug-likeness (QED) is 0.256. The monoisotopic (exact) mass is 537 g/mol. The Morgan fingerprint density at radius 3 is 2.49 bits per heavy atom. The number of carbonyl (C=O) groups excluding carboxylic acids is 1. The van der Waals surface area contributed by atoms with Crippen molar-refractivity contribution in [1.82, 2.24) is 19.8 Å². The lowest BCUT2D eigenvalue weighted by atomic mass is 9.96. The number of carbonyl (C=O) groups is 1. The van der Waals surface area contributed by atoms with Crippen LogP contribution in [0.5, 0.6) is 0 Å². The van der Waals surface area contributed by atoms with Crippen molar-refractivity contribution in [3.8, 4) is 5.69 Å². The number of benzene rings is 2. The number of pyridine rings is 1. The fourth-order valence-corrected chi connectivity index (χ4v) is 5.88. The minimum atomic E-state index is -0.130. The van der Waals surface area contributed by atoms with Gasteiger partial charge in [0.25, 0.3) is 0 Å². The van der Waals surface area contributed by atoms with Crippen molar-refractivity contribution in [3.63, 3.8) is 0 Å². The summed E-state index contributed by atoms with van der Waals surface area (Å²) < 4.78 is 2.29. The van der Waals surface area contributed by atoms with Crippen LogP contribution < -0.4 is 10.6 Å². The molecule has 2 aromatic heterocycles. The highest BCUT2D eigenvalue weighted by molar-refractivity contribution is 7.80. The van der Waals surface area contributed by atoms with Crippen LogP contribution in [0.15, 0.2) is 79.0 Å². The lowest BCUT2D eigenvalue weighted by Gasteiger charge is -2.28. The number of anilines is 1. The minimum absolute atomic E-state index is 0.0242. The Kier molecular flexibility index (Phi) is 7.79. The van der Waals surface area contributed by atoms with Crippen LogP contribution in [-0.2, 0) is 11.2 Å². The molecule has 4 aromatic rings. The van der Waals surface area contributed by atoms with Crippen molar-refractivity contribution in [3.05, 3.63) is 113 Å². The summed E-state index contributed by atoms with van der Waals surface area (Å²) in [7, 11) is 0. The van der Waals surface area contributed by atoms with Crippen molar-refractivity contribution in [2.24, 2.45) is 0 Å². The molecule has 2 N–H and O–H groups in total. The molecule has 7 heteroatoms. The van der Waals surface area contributed by atoms with Gasteiger partial charge in [0.2, 0.25) is 5.91 Å². The van der Waals surface area contributed by atoms with E-state index in [2.05, 4.69) is 83.1 Å². The molecule has 0 bridgehead atoms. The molecule has 1 fully saturated rings. The Balaban J connectivity index is 1.46. The predicted octanol–water partition coefficient (Wildman–Crippen LogP) is 6.36. The lowest BCUT2D eigenvalue weighted by Crippen LogP contribution is -2.33. The zero-order chi connectivity index (χ0) is 27.5. The first-order chi connectivity index (χ1) is 18.9. The standard InChI is InChI=1S/C32H35N5OS/c1-5-24-10-6-7-11-27(24)34-29(38)17-19-36-31(30(35-32(36)39)28-12-8-9-18-33-28)26-20-22(3)37(23(26)4)25-15-13-21(2)14-16-25/h6-16,18,20,30-31H,5,17,19H2,1-4H3,(H,34,38)(H,35,39). The number of amides is 1. The van der Waals surface area contributed by atoms with Gasteiger partial charge in [-0.05, 0) is 86.9 Å². The van der Waals surface area contributed by atoms with Crippen molar-refractivity contribution in [1.29, 1.82) is 0 Å². The fraction of sp³-hybridized carbons (Fsp3) is 0.281. The first kappa shape index (κ1) is 26.6. The smallest absolute Gasteiger partial charge is 0.226 e. The van der Waals surface area contributed by atoms with Gasteiger partial charge >= 0.3 is 0 Å². The number of para-hydroxylation sites is 1.